The minimum atomic E-state index is 0.728. The summed E-state index contributed by atoms with van der Waals surface area (Å²) in [5.74, 6) is 1.69. The van der Waals surface area contributed by atoms with Crippen molar-refractivity contribution in [3.05, 3.63) is 29.3 Å². The number of methoxy groups -OCH3 is 1. The van der Waals surface area contributed by atoms with E-state index in [-0.39, 0.29) is 0 Å². The van der Waals surface area contributed by atoms with Crippen LogP contribution in [-0.4, -0.2) is 19.4 Å². The van der Waals surface area contributed by atoms with Crippen LogP contribution in [0.3, 0.4) is 0 Å². The lowest BCUT2D eigenvalue weighted by Gasteiger charge is -2.22. The smallest absolute Gasteiger partial charge is 0.119 e. The van der Waals surface area contributed by atoms with Crippen LogP contribution in [0, 0.1) is 5.92 Å². The molecule has 1 aromatic carbocycles. The number of hydrogen-bond acceptors (Lipinski definition) is 2. The van der Waals surface area contributed by atoms with Crippen molar-refractivity contribution in [3.8, 4) is 5.75 Å². The third kappa shape index (κ3) is 1.36. The van der Waals surface area contributed by atoms with E-state index in [2.05, 4.69) is 17.1 Å². The maximum atomic E-state index is 5.25. The van der Waals surface area contributed by atoms with E-state index >= 15 is 0 Å². The molecule has 0 bridgehead atoms. The molecule has 0 fully saturated rings. The molecule has 0 aromatic heterocycles. The van der Waals surface area contributed by atoms with E-state index in [9.17, 15) is 0 Å². The van der Waals surface area contributed by atoms with E-state index in [0.717, 1.165) is 18.2 Å². The Labute approximate surface area is 90.0 Å². The second-order valence-corrected chi connectivity index (χ2v) is 4.31. The number of nitrogens with zero attached hydrogens (tertiary/aromatic N) is 1. The first-order valence-electron chi connectivity index (χ1n) is 5.60. The van der Waals surface area contributed by atoms with Crippen molar-refractivity contribution in [1.82, 2.24) is 0 Å². The van der Waals surface area contributed by atoms with E-state index in [1.165, 1.54) is 36.1 Å². The zero-order chi connectivity index (χ0) is 10.3. The van der Waals surface area contributed by atoms with Gasteiger partial charge in [-0.15, -0.1) is 0 Å². The average molecular weight is 201 g/mol. The molecule has 1 unspecified atom stereocenters. The van der Waals surface area contributed by atoms with Gasteiger partial charge in [-0.1, -0.05) is 0 Å². The highest BCUT2D eigenvalue weighted by Gasteiger charge is 2.28. The first-order chi connectivity index (χ1) is 7.38. The molecule has 2 nitrogen and oxygen atoms in total. The molecule has 15 heavy (non-hydrogen) atoms. The van der Waals surface area contributed by atoms with Gasteiger partial charge in [0.1, 0.15) is 5.75 Å². The topological polar surface area (TPSA) is 21.6 Å². The Kier molecular flexibility index (Phi) is 2.01. The molecule has 3 rings (SSSR count). The lowest BCUT2D eigenvalue weighted by molar-refractivity contribution is 0.414. The molecule has 1 heterocycles. The summed E-state index contributed by atoms with van der Waals surface area (Å²) in [7, 11) is 1.72. The zero-order valence-electron chi connectivity index (χ0n) is 8.99. The maximum Gasteiger partial charge on any atom is 0.119 e. The van der Waals surface area contributed by atoms with Gasteiger partial charge in [-0.25, -0.2) is 0 Å². The molecule has 0 N–H and O–H groups in total. The number of fused-ring (bicyclic) bond motifs is 3. The van der Waals surface area contributed by atoms with Crippen LogP contribution in [0.5, 0.6) is 5.75 Å². The minimum Gasteiger partial charge on any atom is -0.497 e. The quantitative estimate of drug-likeness (QED) is 0.684. The van der Waals surface area contributed by atoms with Gasteiger partial charge in [-0.05, 0) is 48.6 Å². The molecule has 0 radical (unpaired) electrons. The summed E-state index contributed by atoms with van der Waals surface area (Å²) in [6.45, 7) is 1.02. The van der Waals surface area contributed by atoms with Crippen molar-refractivity contribution in [3.63, 3.8) is 0 Å². The number of ether oxygens (including phenoxy) is 1. The van der Waals surface area contributed by atoms with E-state index in [1.54, 1.807) is 7.11 Å². The first-order valence-corrected chi connectivity index (χ1v) is 5.60. The Bertz CT molecular complexity index is 423. The SMILES string of the molecule is COc1ccc2c(c1)CCC1CCN=C21. The van der Waals surface area contributed by atoms with E-state index < -0.39 is 0 Å². The monoisotopic (exact) mass is 201 g/mol. The normalized spacial score (nSPS) is 23.0. The molecule has 1 atom stereocenters. The summed E-state index contributed by atoms with van der Waals surface area (Å²) >= 11 is 0. The van der Waals surface area contributed by atoms with Crippen LogP contribution in [0.15, 0.2) is 23.2 Å². The Morgan fingerprint density at radius 3 is 3.13 bits per heavy atom. The number of aryl methyl sites for hydroxylation is 1. The van der Waals surface area contributed by atoms with Crippen LogP contribution in [-0.2, 0) is 6.42 Å². The summed E-state index contributed by atoms with van der Waals surface area (Å²) in [6.07, 6.45) is 3.69. The van der Waals surface area contributed by atoms with E-state index in [1.807, 2.05) is 6.07 Å². The van der Waals surface area contributed by atoms with Crippen molar-refractivity contribution >= 4 is 5.71 Å². The van der Waals surface area contributed by atoms with E-state index in [0.29, 0.717) is 0 Å². The summed E-state index contributed by atoms with van der Waals surface area (Å²) < 4.78 is 5.25. The largest absolute Gasteiger partial charge is 0.497 e. The predicted molar refractivity (Wildman–Crippen MR) is 60.8 cm³/mol. The molecule has 0 saturated heterocycles. The molecular weight excluding hydrogens is 186 g/mol. The molecule has 1 aliphatic carbocycles. The molecule has 1 aliphatic heterocycles. The molecule has 2 heteroatoms. The second-order valence-electron chi connectivity index (χ2n) is 4.31. The first kappa shape index (κ1) is 8.96. The Morgan fingerprint density at radius 1 is 1.33 bits per heavy atom. The van der Waals surface area contributed by atoms with Gasteiger partial charge in [0.25, 0.3) is 0 Å². The fraction of sp³-hybridized carbons (Fsp3) is 0.462. The minimum absolute atomic E-state index is 0.728. The van der Waals surface area contributed by atoms with Crippen LogP contribution < -0.4 is 4.74 Å². The molecule has 0 spiro atoms. The number of benzene rings is 1. The van der Waals surface area contributed by atoms with Gasteiger partial charge in [0, 0.05) is 18.2 Å². The average Bonchev–Trinajstić information content (AvgIpc) is 2.76. The number of rotatable bonds is 1. The zero-order valence-corrected chi connectivity index (χ0v) is 8.99. The summed E-state index contributed by atoms with van der Waals surface area (Å²) in [6, 6.07) is 6.37. The molecule has 0 amide bonds. The van der Waals surface area contributed by atoms with E-state index in [4.69, 9.17) is 4.74 Å². The van der Waals surface area contributed by atoms with Gasteiger partial charge in [-0.2, -0.15) is 0 Å². The highest BCUT2D eigenvalue weighted by Crippen LogP contribution is 2.33. The van der Waals surface area contributed by atoms with Crippen molar-refractivity contribution < 1.29 is 4.74 Å². The Balaban J connectivity index is 2.07. The van der Waals surface area contributed by atoms with Crippen molar-refractivity contribution in [2.45, 2.75) is 19.3 Å². The fourth-order valence-electron chi connectivity index (χ4n) is 2.68. The van der Waals surface area contributed by atoms with Crippen LogP contribution in [0.4, 0.5) is 0 Å². The predicted octanol–water partition coefficient (Wildman–Crippen LogP) is 2.45. The highest BCUT2D eigenvalue weighted by atomic mass is 16.5. The van der Waals surface area contributed by atoms with Crippen LogP contribution in [0.1, 0.15) is 24.0 Å². The van der Waals surface area contributed by atoms with Gasteiger partial charge in [0.15, 0.2) is 0 Å². The molecular formula is C13H15NO. The highest BCUT2D eigenvalue weighted by molar-refractivity contribution is 6.05. The van der Waals surface area contributed by atoms with Crippen LogP contribution >= 0.6 is 0 Å². The van der Waals surface area contributed by atoms with Gasteiger partial charge >= 0.3 is 0 Å². The molecule has 0 saturated carbocycles. The third-order valence-corrected chi connectivity index (χ3v) is 3.50. The third-order valence-electron chi connectivity index (χ3n) is 3.50. The van der Waals surface area contributed by atoms with Crippen LogP contribution in [0.25, 0.3) is 0 Å². The number of hydrogen-bond donors (Lipinski definition) is 0. The Morgan fingerprint density at radius 2 is 2.27 bits per heavy atom. The van der Waals surface area contributed by atoms with Crippen molar-refractivity contribution in [2.24, 2.45) is 10.9 Å². The summed E-state index contributed by atoms with van der Waals surface area (Å²) in [5.41, 5.74) is 4.12. The van der Waals surface area contributed by atoms with Crippen molar-refractivity contribution in [1.29, 1.82) is 0 Å². The van der Waals surface area contributed by atoms with Crippen molar-refractivity contribution in [2.75, 3.05) is 13.7 Å². The standard InChI is InChI=1S/C13H15NO/c1-15-11-4-5-12-10(8-11)3-2-9-6-7-14-13(9)12/h4-5,8-9H,2-3,6-7H2,1H3. The van der Waals surface area contributed by atoms with Gasteiger partial charge < -0.3 is 4.74 Å². The maximum absolute atomic E-state index is 5.25. The molecule has 1 aromatic rings. The lowest BCUT2D eigenvalue weighted by Crippen LogP contribution is -2.19. The Hall–Kier alpha value is -1.31. The van der Waals surface area contributed by atoms with Gasteiger partial charge in [0.05, 0.1) is 7.11 Å². The van der Waals surface area contributed by atoms with Gasteiger partial charge in [0.2, 0.25) is 0 Å². The fourth-order valence-corrected chi connectivity index (χ4v) is 2.68. The summed E-state index contributed by atoms with van der Waals surface area (Å²) in [4.78, 5) is 4.63. The lowest BCUT2D eigenvalue weighted by atomic mass is 9.82. The van der Waals surface area contributed by atoms with Crippen LogP contribution in [0.2, 0.25) is 0 Å². The second kappa shape index (κ2) is 3.37. The number of aliphatic imine (C=N–C) groups is 1. The van der Waals surface area contributed by atoms with Gasteiger partial charge in [-0.3, -0.25) is 4.99 Å². The molecule has 78 valence electrons. The molecule has 2 aliphatic rings. The summed E-state index contributed by atoms with van der Waals surface area (Å²) in [5, 5.41) is 0.